The van der Waals surface area contributed by atoms with Crippen molar-refractivity contribution in [2.24, 2.45) is 0 Å². The fraction of sp³-hybridized carbons (Fsp3) is 0.111. The van der Waals surface area contributed by atoms with E-state index in [1.165, 1.54) is 0 Å². The van der Waals surface area contributed by atoms with Gasteiger partial charge in [0, 0.05) is 31.3 Å². The lowest BCUT2D eigenvalue weighted by atomic mass is 10.1. The second-order valence-electron chi connectivity index (χ2n) is 6.05. The van der Waals surface area contributed by atoms with E-state index in [0.29, 0.717) is 10.8 Å². The average molecular weight is 352 g/mol. The topological polar surface area (TPSA) is 65.7 Å². The number of hydrogen-bond donors (Lipinski definition) is 2. The van der Waals surface area contributed by atoms with Crippen LogP contribution in [0.3, 0.4) is 0 Å². The monoisotopic (exact) mass is 352 g/mol. The van der Waals surface area contributed by atoms with Gasteiger partial charge in [0.1, 0.15) is 0 Å². The molecule has 0 atom stereocenters. The first-order valence-electron chi connectivity index (χ1n) is 7.53. The van der Waals surface area contributed by atoms with Gasteiger partial charge in [0.15, 0.2) is 0 Å². The van der Waals surface area contributed by atoms with Crippen LogP contribution in [0, 0.1) is 13.8 Å². The number of fused-ring (bicyclic) bond motifs is 6. The summed E-state index contributed by atoms with van der Waals surface area (Å²) in [5, 5.41) is 2.96. The SMILES string of the molecule is Cc1cc2[nH]c(=O)c3cc4c(cc3c2s1)c(=O)[nH]c1cc(C)sc14. The molecule has 4 nitrogen and oxygen atoms in total. The first kappa shape index (κ1) is 13.9. The van der Waals surface area contributed by atoms with E-state index in [2.05, 4.69) is 9.97 Å². The van der Waals surface area contributed by atoms with Gasteiger partial charge in [-0.1, -0.05) is 0 Å². The first-order valence-corrected chi connectivity index (χ1v) is 9.17. The Kier molecular flexibility index (Phi) is 2.65. The van der Waals surface area contributed by atoms with Crippen molar-refractivity contribution in [1.82, 2.24) is 9.97 Å². The minimum absolute atomic E-state index is 0.112. The highest BCUT2D eigenvalue weighted by atomic mass is 32.1. The van der Waals surface area contributed by atoms with E-state index in [9.17, 15) is 9.59 Å². The van der Waals surface area contributed by atoms with E-state index in [-0.39, 0.29) is 11.1 Å². The van der Waals surface area contributed by atoms with Crippen LogP contribution < -0.4 is 11.1 Å². The minimum atomic E-state index is -0.112. The summed E-state index contributed by atoms with van der Waals surface area (Å²) in [6.45, 7) is 4.03. The van der Waals surface area contributed by atoms with Crippen molar-refractivity contribution in [3.8, 4) is 0 Å². The summed E-state index contributed by atoms with van der Waals surface area (Å²) in [5.41, 5.74) is 1.44. The third-order valence-corrected chi connectivity index (χ3v) is 6.51. The molecular formula is C18H12N2O2S2. The van der Waals surface area contributed by atoms with E-state index >= 15 is 0 Å². The van der Waals surface area contributed by atoms with E-state index in [0.717, 1.165) is 41.0 Å². The first-order chi connectivity index (χ1) is 11.5. The van der Waals surface area contributed by atoms with Crippen molar-refractivity contribution in [2.45, 2.75) is 13.8 Å². The van der Waals surface area contributed by atoms with Crippen LogP contribution in [0.25, 0.3) is 42.0 Å². The Morgan fingerprint density at radius 3 is 1.50 bits per heavy atom. The average Bonchev–Trinajstić information content (AvgIpc) is 3.08. The molecule has 0 unspecified atom stereocenters. The maximum absolute atomic E-state index is 12.5. The Labute approximate surface area is 143 Å². The fourth-order valence-electron chi connectivity index (χ4n) is 3.34. The van der Waals surface area contributed by atoms with Gasteiger partial charge in [-0.25, -0.2) is 0 Å². The highest BCUT2D eigenvalue weighted by Gasteiger charge is 2.14. The van der Waals surface area contributed by atoms with E-state index in [4.69, 9.17) is 0 Å². The maximum Gasteiger partial charge on any atom is 0.256 e. The Balaban J connectivity index is 2.11. The van der Waals surface area contributed by atoms with Crippen LogP contribution in [0.1, 0.15) is 9.75 Å². The van der Waals surface area contributed by atoms with Crippen molar-refractivity contribution >= 4 is 64.7 Å². The second kappa shape index (κ2) is 4.55. The van der Waals surface area contributed by atoms with Gasteiger partial charge in [-0.2, -0.15) is 0 Å². The number of aromatic amines is 2. The van der Waals surface area contributed by atoms with E-state index in [1.54, 1.807) is 22.7 Å². The standard InChI is InChI=1S/C18H12N2O2S2/c1-7-3-13-15(23-7)9-5-12-10(6-11(9)17(21)19-13)16-14(20-18(12)22)4-8(2)24-16/h3-6H,1-2H3,(H,19,21)(H,20,22). The predicted molar refractivity (Wildman–Crippen MR) is 103 cm³/mol. The van der Waals surface area contributed by atoms with Crippen LogP contribution in [-0.2, 0) is 0 Å². The third-order valence-electron chi connectivity index (χ3n) is 4.34. The largest absolute Gasteiger partial charge is 0.321 e. The molecule has 5 aromatic rings. The molecule has 0 aliphatic rings. The van der Waals surface area contributed by atoms with Gasteiger partial charge in [0.2, 0.25) is 0 Å². The quantitative estimate of drug-likeness (QED) is 0.405. The molecule has 4 heterocycles. The molecule has 1 aromatic carbocycles. The lowest BCUT2D eigenvalue weighted by molar-refractivity contribution is 1.34. The van der Waals surface area contributed by atoms with Crippen molar-refractivity contribution in [3.05, 3.63) is 54.7 Å². The summed E-state index contributed by atoms with van der Waals surface area (Å²) in [6, 6.07) is 7.68. The summed E-state index contributed by atoms with van der Waals surface area (Å²) in [5.74, 6) is 0. The smallest absolute Gasteiger partial charge is 0.256 e. The molecule has 0 bridgehead atoms. The number of nitrogens with one attached hydrogen (secondary N) is 2. The summed E-state index contributed by atoms with van der Waals surface area (Å²) >= 11 is 3.27. The Hall–Kier alpha value is -2.44. The zero-order valence-electron chi connectivity index (χ0n) is 12.9. The molecule has 4 aromatic heterocycles. The van der Waals surface area contributed by atoms with Crippen LogP contribution >= 0.6 is 22.7 Å². The number of benzene rings is 1. The van der Waals surface area contributed by atoms with Crippen LogP contribution in [-0.4, -0.2) is 9.97 Å². The van der Waals surface area contributed by atoms with Gasteiger partial charge in [0.25, 0.3) is 11.1 Å². The highest BCUT2D eigenvalue weighted by molar-refractivity contribution is 7.20. The second-order valence-corrected chi connectivity index (χ2v) is 8.56. The molecule has 0 fully saturated rings. The fourth-order valence-corrected chi connectivity index (χ4v) is 5.34. The Morgan fingerprint density at radius 2 is 1.08 bits per heavy atom. The summed E-state index contributed by atoms with van der Waals surface area (Å²) in [7, 11) is 0. The van der Waals surface area contributed by atoms with Crippen LogP contribution in [0.15, 0.2) is 33.9 Å². The van der Waals surface area contributed by atoms with Gasteiger partial charge in [-0.3, -0.25) is 9.59 Å². The molecule has 2 N–H and O–H groups in total. The van der Waals surface area contributed by atoms with E-state index in [1.807, 2.05) is 38.1 Å². The Morgan fingerprint density at radius 1 is 0.667 bits per heavy atom. The van der Waals surface area contributed by atoms with Crippen molar-refractivity contribution < 1.29 is 0 Å². The van der Waals surface area contributed by atoms with Gasteiger partial charge < -0.3 is 9.97 Å². The molecule has 5 rings (SSSR count). The number of thiophene rings is 2. The number of hydrogen-bond acceptors (Lipinski definition) is 4. The van der Waals surface area contributed by atoms with Crippen LogP contribution in [0.2, 0.25) is 0 Å². The summed E-state index contributed by atoms with van der Waals surface area (Å²) < 4.78 is 2.04. The molecule has 0 spiro atoms. The van der Waals surface area contributed by atoms with Gasteiger partial charge in [-0.05, 0) is 38.1 Å². The molecular weight excluding hydrogens is 340 g/mol. The normalized spacial score (nSPS) is 12.1. The minimum Gasteiger partial charge on any atom is -0.321 e. The van der Waals surface area contributed by atoms with Crippen molar-refractivity contribution in [3.63, 3.8) is 0 Å². The van der Waals surface area contributed by atoms with Gasteiger partial charge >= 0.3 is 0 Å². The zero-order chi connectivity index (χ0) is 16.6. The lowest BCUT2D eigenvalue weighted by Gasteiger charge is -2.04. The molecule has 0 radical (unpaired) electrons. The number of H-pyrrole nitrogens is 2. The molecule has 6 heteroatoms. The lowest BCUT2D eigenvalue weighted by Crippen LogP contribution is -2.08. The number of pyridine rings is 2. The molecule has 0 aliphatic carbocycles. The van der Waals surface area contributed by atoms with Crippen molar-refractivity contribution in [2.75, 3.05) is 0 Å². The van der Waals surface area contributed by atoms with Gasteiger partial charge in [0.05, 0.1) is 20.4 Å². The number of aromatic nitrogens is 2. The summed E-state index contributed by atoms with van der Waals surface area (Å²) in [4.78, 5) is 33.3. The molecule has 0 saturated carbocycles. The zero-order valence-corrected chi connectivity index (χ0v) is 14.6. The van der Waals surface area contributed by atoms with Gasteiger partial charge in [-0.15, -0.1) is 22.7 Å². The van der Waals surface area contributed by atoms with E-state index < -0.39 is 0 Å². The molecule has 0 amide bonds. The maximum atomic E-state index is 12.5. The molecule has 118 valence electrons. The van der Waals surface area contributed by atoms with Crippen molar-refractivity contribution in [1.29, 1.82) is 0 Å². The molecule has 24 heavy (non-hydrogen) atoms. The Bertz CT molecular complexity index is 1310. The summed E-state index contributed by atoms with van der Waals surface area (Å²) in [6.07, 6.45) is 0. The van der Waals surface area contributed by atoms with Crippen LogP contribution in [0.4, 0.5) is 0 Å². The van der Waals surface area contributed by atoms with Crippen LogP contribution in [0.5, 0.6) is 0 Å². The third kappa shape index (κ3) is 1.78. The molecule has 0 saturated heterocycles. The number of rotatable bonds is 0. The highest BCUT2D eigenvalue weighted by Crippen LogP contribution is 2.34. The number of aryl methyl sites for hydroxylation is 2. The molecule has 0 aliphatic heterocycles. The predicted octanol–water partition coefficient (Wildman–Crippen LogP) is 4.42.